The Bertz CT molecular complexity index is 693. The molecule has 0 saturated heterocycles. The van der Waals surface area contributed by atoms with Crippen LogP contribution in [0.25, 0.3) is 0 Å². The van der Waals surface area contributed by atoms with Crippen LogP contribution in [-0.4, -0.2) is 19.6 Å². The number of methoxy groups -OCH3 is 1. The van der Waals surface area contributed by atoms with Gasteiger partial charge in [-0.2, -0.15) is 0 Å². The first-order chi connectivity index (χ1) is 11.5. The summed E-state index contributed by atoms with van der Waals surface area (Å²) in [7, 11) is 1.60. The maximum absolute atomic E-state index is 12.1. The van der Waals surface area contributed by atoms with Crippen LogP contribution < -0.4 is 14.8 Å². The predicted octanol–water partition coefficient (Wildman–Crippen LogP) is 4.76. The molecule has 0 fully saturated rings. The largest absolute Gasteiger partial charge is 0.493 e. The molecule has 0 bridgehead atoms. The molecule has 2 rings (SSSR count). The first-order valence-electron chi connectivity index (χ1n) is 7.83. The number of halogens is 1. The van der Waals surface area contributed by atoms with Crippen molar-refractivity contribution in [2.24, 2.45) is 0 Å². The second kappa shape index (κ2) is 8.60. The maximum atomic E-state index is 12.1. The SMILES string of the molecule is COc1ccccc1OCCCC(=O)Nc1c(C)cc(C)cc1Cl. The zero-order valence-electron chi connectivity index (χ0n) is 14.2. The Morgan fingerprint density at radius 1 is 1.17 bits per heavy atom. The highest BCUT2D eigenvalue weighted by Crippen LogP contribution is 2.28. The summed E-state index contributed by atoms with van der Waals surface area (Å²) < 4.78 is 10.9. The van der Waals surface area contributed by atoms with Crippen LogP contribution in [0.2, 0.25) is 5.02 Å². The first kappa shape index (κ1) is 18.1. The number of benzene rings is 2. The van der Waals surface area contributed by atoms with E-state index in [1.165, 1.54) is 0 Å². The lowest BCUT2D eigenvalue weighted by molar-refractivity contribution is -0.116. The van der Waals surface area contributed by atoms with Crippen LogP contribution in [-0.2, 0) is 4.79 Å². The Morgan fingerprint density at radius 3 is 2.54 bits per heavy atom. The van der Waals surface area contributed by atoms with Gasteiger partial charge < -0.3 is 14.8 Å². The van der Waals surface area contributed by atoms with Gasteiger partial charge in [-0.1, -0.05) is 29.8 Å². The molecule has 1 N–H and O–H groups in total. The minimum atomic E-state index is -0.0764. The molecule has 2 aromatic rings. The quantitative estimate of drug-likeness (QED) is 0.734. The lowest BCUT2D eigenvalue weighted by Gasteiger charge is -2.12. The van der Waals surface area contributed by atoms with Crippen LogP contribution in [0.5, 0.6) is 11.5 Å². The topological polar surface area (TPSA) is 47.6 Å². The summed E-state index contributed by atoms with van der Waals surface area (Å²) in [5.41, 5.74) is 2.71. The fraction of sp³-hybridized carbons (Fsp3) is 0.316. The zero-order chi connectivity index (χ0) is 17.5. The van der Waals surface area contributed by atoms with E-state index in [0.717, 1.165) is 11.1 Å². The first-order valence-corrected chi connectivity index (χ1v) is 8.21. The Balaban J connectivity index is 1.82. The van der Waals surface area contributed by atoms with E-state index in [0.29, 0.717) is 41.7 Å². The van der Waals surface area contributed by atoms with Gasteiger partial charge in [0.1, 0.15) is 0 Å². The lowest BCUT2D eigenvalue weighted by Crippen LogP contribution is -2.14. The van der Waals surface area contributed by atoms with E-state index in [9.17, 15) is 4.79 Å². The van der Waals surface area contributed by atoms with E-state index in [-0.39, 0.29) is 5.91 Å². The minimum Gasteiger partial charge on any atom is -0.493 e. The third kappa shape index (κ3) is 4.90. The zero-order valence-corrected chi connectivity index (χ0v) is 14.9. The number of amides is 1. The minimum absolute atomic E-state index is 0.0764. The molecular formula is C19H22ClNO3. The van der Waals surface area contributed by atoms with E-state index in [2.05, 4.69) is 5.32 Å². The normalized spacial score (nSPS) is 10.3. The van der Waals surface area contributed by atoms with Gasteiger partial charge in [0.05, 0.1) is 24.4 Å². The predicted molar refractivity (Wildman–Crippen MR) is 97.3 cm³/mol. The van der Waals surface area contributed by atoms with Crippen LogP contribution in [0, 0.1) is 13.8 Å². The van der Waals surface area contributed by atoms with Crippen molar-refractivity contribution in [1.82, 2.24) is 0 Å². The Kier molecular flexibility index (Phi) is 6.50. The monoisotopic (exact) mass is 347 g/mol. The molecule has 0 aliphatic carbocycles. The van der Waals surface area contributed by atoms with Crippen molar-refractivity contribution in [2.45, 2.75) is 26.7 Å². The molecule has 5 heteroatoms. The molecule has 24 heavy (non-hydrogen) atoms. The van der Waals surface area contributed by atoms with Crippen LogP contribution in [0.15, 0.2) is 36.4 Å². The van der Waals surface area contributed by atoms with Crippen molar-refractivity contribution in [3.05, 3.63) is 52.5 Å². The van der Waals surface area contributed by atoms with E-state index in [1.54, 1.807) is 7.11 Å². The number of nitrogens with one attached hydrogen (secondary N) is 1. The standard InChI is InChI=1S/C19H22ClNO3/c1-13-11-14(2)19(15(20)12-13)21-18(22)9-6-10-24-17-8-5-4-7-16(17)23-3/h4-5,7-8,11-12H,6,9-10H2,1-3H3,(H,21,22). The van der Waals surface area contributed by atoms with Crippen molar-refractivity contribution < 1.29 is 14.3 Å². The summed E-state index contributed by atoms with van der Waals surface area (Å²) >= 11 is 6.20. The fourth-order valence-corrected chi connectivity index (χ4v) is 2.80. The summed E-state index contributed by atoms with van der Waals surface area (Å²) in [5, 5.41) is 3.44. The highest BCUT2D eigenvalue weighted by molar-refractivity contribution is 6.34. The number of para-hydroxylation sites is 2. The highest BCUT2D eigenvalue weighted by atomic mass is 35.5. The molecule has 0 aliphatic rings. The third-order valence-corrected chi connectivity index (χ3v) is 3.87. The number of ether oxygens (including phenoxy) is 2. The molecule has 128 valence electrons. The molecule has 0 saturated carbocycles. The van der Waals surface area contributed by atoms with Gasteiger partial charge in [0.15, 0.2) is 11.5 Å². The van der Waals surface area contributed by atoms with Gasteiger partial charge in [0, 0.05) is 6.42 Å². The Labute approximate surface area is 147 Å². The van der Waals surface area contributed by atoms with Crippen molar-refractivity contribution in [3.63, 3.8) is 0 Å². The van der Waals surface area contributed by atoms with Crippen LogP contribution in [0.1, 0.15) is 24.0 Å². The van der Waals surface area contributed by atoms with Crippen LogP contribution in [0.3, 0.4) is 0 Å². The summed E-state index contributed by atoms with van der Waals surface area (Å²) in [6, 6.07) is 11.3. The fourth-order valence-electron chi connectivity index (χ4n) is 2.43. The summed E-state index contributed by atoms with van der Waals surface area (Å²) in [6.45, 7) is 4.34. The van der Waals surface area contributed by atoms with Gasteiger partial charge in [0.25, 0.3) is 0 Å². The summed E-state index contributed by atoms with van der Waals surface area (Å²) in [4.78, 5) is 12.1. The molecular weight excluding hydrogens is 326 g/mol. The average molecular weight is 348 g/mol. The number of anilines is 1. The van der Waals surface area contributed by atoms with E-state index >= 15 is 0 Å². The van der Waals surface area contributed by atoms with Crippen LogP contribution >= 0.6 is 11.6 Å². The third-order valence-electron chi connectivity index (χ3n) is 3.57. The maximum Gasteiger partial charge on any atom is 0.224 e. The van der Waals surface area contributed by atoms with Gasteiger partial charge in [-0.15, -0.1) is 0 Å². The molecule has 0 heterocycles. The van der Waals surface area contributed by atoms with Crippen molar-refractivity contribution in [3.8, 4) is 11.5 Å². The van der Waals surface area contributed by atoms with Gasteiger partial charge in [-0.25, -0.2) is 0 Å². The van der Waals surface area contributed by atoms with Crippen molar-refractivity contribution in [2.75, 3.05) is 19.0 Å². The number of hydrogen-bond acceptors (Lipinski definition) is 3. The number of carbonyl (C=O) groups excluding carboxylic acids is 1. The number of carbonyl (C=O) groups is 1. The molecule has 4 nitrogen and oxygen atoms in total. The molecule has 0 aromatic heterocycles. The molecule has 0 spiro atoms. The van der Waals surface area contributed by atoms with Gasteiger partial charge in [-0.3, -0.25) is 4.79 Å². The van der Waals surface area contributed by atoms with E-state index in [1.807, 2.05) is 50.2 Å². The molecule has 0 radical (unpaired) electrons. The van der Waals surface area contributed by atoms with E-state index < -0.39 is 0 Å². The molecule has 0 aliphatic heterocycles. The van der Waals surface area contributed by atoms with Gasteiger partial charge >= 0.3 is 0 Å². The molecule has 1 amide bonds. The summed E-state index contributed by atoms with van der Waals surface area (Å²) in [5.74, 6) is 1.29. The molecule has 0 atom stereocenters. The Hall–Kier alpha value is -2.20. The summed E-state index contributed by atoms with van der Waals surface area (Å²) in [6.07, 6.45) is 0.963. The lowest BCUT2D eigenvalue weighted by atomic mass is 10.1. The van der Waals surface area contributed by atoms with Crippen molar-refractivity contribution >= 4 is 23.2 Å². The average Bonchev–Trinajstić information content (AvgIpc) is 2.55. The van der Waals surface area contributed by atoms with Gasteiger partial charge in [-0.05, 0) is 49.6 Å². The number of rotatable bonds is 7. The van der Waals surface area contributed by atoms with E-state index in [4.69, 9.17) is 21.1 Å². The number of aryl methyl sites for hydroxylation is 2. The Morgan fingerprint density at radius 2 is 1.88 bits per heavy atom. The highest BCUT2D eigenvalue weighted by Gasteiger charge is 2.10. The second-order valence-corrected chi connectivity index (χ2v) is 6.00. The molecule has 2 aromatic carbocycles. The smallest absolute Gasteiger partial charge is 0.224 e. The second-order valence-electron chi connectivity index (χ2n) is 5.59. The molecule has 0 unspecified atom stereocenters. The number of hydrogen-bond donors (Lipinski definition) is 1. The van der Waals surface area contributed by atoms with Crippen LogP contribution in [0.4, 0.5) is 5.69 Å². The van der Waals surface area contributed by atoms with Crippen molar-refractivity contribution in [1.29, 1.82) is 0 Å². The van der Waals surface area contributed by atoms with Gasteiger partial charge in [0.2, 0.25) is 5.91 Å².